The van der Waals surface area contributed by atoms with E-state index in [4.69, 9.17) is 10.5 Å². The molecule has 0 saturated carbocycles. The molecule has 0 radical (unpaired) electrons. The van der Waals surface area contributed by atoms with Crippen molar-refractivity contribution >= 4 is 5.91 Å². The van der Waals surface area contributed by atoms with E-state index in [0.29, 0.717) is 17.9 Å². The number of benzene rings is 1. The van der Waals surface area contributed by atoms with Gasteiger partial charge in [0.1, 0.15) is 5.75 Å². The van der Waals surface area contributed by atoms with Gasteiger partial charge in [0.05, 0.1) is 12.7 Å². The predicted octanol–water partition coefficient (Wildman–Crippen LogP) is 1.16. The first-order chi connectivity index (χ1) is 7.69. The summed E-state index contributed by atoms with van der Waals surface area (Å²) in [6, 6.07) is 7.11. The van der Waals surface area contributed by atoms with Gasteiger partial charge in [0.2, 0.25) is 0 Å². The molecule has 3 N–H and O–H groups in total. The molecule has 0 aliphatic heterocycles. The molecule has 1 rings (SSSR count). The molecule has 4 nitrogen and oxygen atoms in total. The van der Waals surface area contributed by atoms with Crippen LogP contribution in [0.3, 0.4) is 0 Å². The zero-order valence-electron chi connectivity index (χ0n) is 9.69. The smallest absolute Gasteiger partial charge is 0.255 e. The van der Waals surface area contributed by atoms with Gasteiger partial charge in [-0.05, 0) is 18.6 Å². The molecule has 4 heteroatoms. The van der Waals surface area contributed by atoms with Crippen molar-refractivity contribution in [2.45, 2.75) is 19.4 Å². The molecule has 1 atom stereocenters. The number of methoxy groups -OCH3 is 1. The number of ether oxygens (including phenoxy) is 1. The number of rotatable bonds is 5. The van der Waals surface area contributed by atoms with Crippen LogP contribution in [-0.4, -0.2) is 25.6 Å². The Morgan fingerprint density at radius 2 is 2.19 bits per heavy atom. The fourth-order valence-corrected chi connectivity index (χ4v) is 1.30. The first-order valence-electron chi connectivity index (χ1n) is 5.35. The predicted molar refractivity (Wildman–Crippen MR) is 63.6 cm³/mol. The minimum absolute atomic E-state index is 0.00124. The Balaban J connectivity index is 2.65. The summed E-state index contributed by atoms with van der Waals surface area (Å²) in [5.41, 5.74) is 6.26. The number of hydrogen-bond donors (Lipinski definition) is 2. The molecule has 0 fully saturated rings. The molecule has 0 bridgehead atoms. The third kappa shape index (κ3) is 3.24. The number of amides is 1. The fourth-order valence-electron chi connectivity index (χ4n) is 1.30. The minimum atomic E-state index is -0.152. The minimum Gasteiger partial charge on any atom is -0.496 e. The van der Waals surface area contributed by atoms with Crippen molar-refractivity contribution in [2.24, 2.45) is 5.73 Å². The number of nitrogens with two attached hydrogens (primary N) is 1. The van der Waals surface area contributed by atoms with Gasteiger partial charge in [0, 0.05) is 12.6 Å². The lowest BCUT2D eigenvalue weighted by atomic mass is 10.1. The van der Waals surface area contributed by atoms with Gasteiger partial charge in [-0.25, -0.2) is 0 Å². The van der Waals surface area contributed by atoms with Gasteiger partial charge in [-0.2, -0.15) is 0 Å². The number of hydrogen-bond acceptors (Lipinski definition) is 3. The summed E-state index contributed by atoms with van der Waals surface area (Å²) in [6.07, 6.45) is 0.839. The Hall–Kier alpha value is -1.55. The SMILES string of the molecule is CCC(N)CNC(=O)c1ccccc1OC. The van der Waals surface area contributed by atoms with Crippen LogP contribution in [0.2, 0.25) is 0 Å². The van der Waals surface area contributed by atoms with E-state index in [0.717, 1.165) is 6.42 Å². The van der Waals surface area contributed by atoms with Gasteiger partial charge in [0.15, 0.2) is 0 Å². The molecule has 0 spiro atoms. The van der Waals surface area contributed by atoms with Gasteiger partial charge in [-0.15, -0.1) is 0 Å². The van der Waals surface area contributed by atoms with E-state index in [2.05, 4.69) is 5.32 Å². The maximum atomic E-state index is 11.8. The monoisotopic (exact) mass is 222 g/mol. The van der Waals surface area contributed by atoms with E-state index < -0.39 is 0 Å². The second-order valence-electron chi connectivity index (χ2n) is 3.58. The van der Waals surface area contributed by atoms with Crippen molar-refractivity contribution in [3.63, 3.8) is 0 Å². The lowest BCUT2D eigenvalue weighted by Gasteiger charge is -2.12. The van der Waals surface area contributed by atoms with Gasteiger partial charge in [-0.3, -0.25) is 4.79 Å². The van der Waals surface area contributed by atoms with Crippen LogP contribution in [0.4, 0.5) is 0 Å². The first kappa shape index (κ1) is 12.5. The fraction of sp³-hybridized carbons (Fsp3) is 0.417. The molecule has 0 saturated heterocycles. The molecule has 1 unspecified atom stereocenters. The van der Waals surface area contributed by atoms with Crippen molar-refractivity contribution in [1.29, 1.82) is 0 Å². The third-order valence-electron chi connectivity index (χ3n) is 2.40. The number of carbonyl (C=O) groups is 1. The molecule has 1 aromatic rings. The number of para-hydroxylation sites is 1. The van der Waals surface area contributed by atoms with Gasteiger partial charge < -0.3 is 15.8 Å². The highest BCUT2D eigenvalue weighted by molar-refractivity contribution is 5.96. The molecule has 16 heavy (non-hydrogen) atoms. The van der Waals surface area contributed by atoms with Crippen LogP contribution in [0, 0.1) is 0 Å². The largest absolute Gasteiger partial charge is 0.496 e. The highest BCUT2D eigenvalue weighted by Crippen LogP contribution is 2.16. The van der Waals surface area contributed by atoms with Crippen LogP contribution in [0.15, 0.2) is 24.3 Å². The summed E-state index contributed by atoms with van der Waals surface area (Å²) in [4.78, 5) is 11.8. The second-order valence-corrected chi connectivity index (χ2v) is 3.58. The Morgan fingerprint density at radius 3 is 2.81 bits per heavy atom. The molecule has 1 amide bonds. The third-order valence-corrected chi connectivity index (χ3v) is 2.40. The van der Waals surface area contributed by atoms with Crippen molar-refractivity contribution in [1.82, 2.24) is 5.32 Å². The average molecular weight is 222 g/mol. The number of nitrogens with one attached hydrogen (secondary N) is 1. The number of carbonyl (C=O) groups excluding carboxylic acids is 1. The van der Waals surface area contributed by atoms with E-state index in [9.17, 15) is 4.79 Å². The first-order valence-corrected chi connectivity index (χ1v) is 5.35. The Bertz CT molecular complexity index is 353. The maximum Gasteiger partial charge on any atom is 0.255 e. The summed E-state index contributed by atoms with van der Waals surface area (Å²) < 4.78 is 5.11. The quantitative estimate of drug-likeness (QED) is 0.785. The van der Waals surface area contributed by atoms with E-state index >= 15 is 0 Å². The zero-order valence-corrected chi connectivity index (χ0v) is 9.69. The highest BCUT2D eigenvalue weighted by Gasteiger charge is 2.11. The van der Waals surface area contributed by atoms with Crippen molar-refractivity contribution in [3.05, 3.63) is 29.8 Å². The van der Waals surface area contributed by atoms with Crippen LogP contribution >= 0.6 is 0 Å². The van der Waals surface area contributed by atoms with Gasteiger partial charge >= 0.3 is 0 Å². The summed E-state index contributed by atoms with van der Waals surface area (Å²) in [6.45, 7) is 2.47. The Morgan fingerprint density at radius 1 is 1.50 bits per heavy atom. The summed E-state index contributed by atoms with van der Waals surface area (Å²) in [5.74, 6) is 0.423. The van der Waals surface area contributed by atoms with Crippen LogP contribution in [0.25, 0.3) is 0 Å². The zero-order chi connectivity index (χ0) is 12.0. The van der Waals surface area contributed by atoms with E-state index in [-0.39, 0.29) is 11.9 Å². The van der Waals surface area contributed by atoms with Crippen molar-refractivity contribution in [2.75, 3.05) is 13.7 Å². The van der Waals surface area contributed by atoms with Gasteiger partial charge in [-0.1, -0.05) is 19.1 Å². The normalized spacial score (nSPS) is 11.9. The van der Waals surface area contributed by atoms with Crippen LogP contribution < -0.4 is 15.8 Å². The Kier molecular flexibility index (Phi) is 4.79. The summed E-state index contributed by atoms with van der Waals surface area (Å²) >= 11 is 0. The molecule has 0 aromatic heterocycles. The summed E-state index contributed by atoms with van der Waals surface area (Å²) in [7, 11) is 1.55. The molecular weight excluding hydrogens is 204 g/mol. The topological polar surface area (TPSA) is 64.3 Å². The standard InChI is InChI=1S/C12H18N2O2/c1-3-9(13)8-14-12(15)10-6-4-5-7-11(10)16-2/h4-7,9H,3,8,13H2,1-2H3,(H,14,15). The van der Waals surface area contributed by atoms with E-state index in [1.165, 1.54) is 0 Å². The summed E-state index contributed by atoms with van der Waals surface area (Å²) in [5, 5.41) is 2.78. The molecular formula is C12H18N2O2. The maximum absolute atomic E-state index is 11.8. The second kappa shape index (κ2) is 6.12. The molecule has 0 heterocycles. The van der Waals surface area contributed by atoms with Crippen LogP contribution in [-0.2, 0) is 0 Å². The van der Waals surface area contributed by atoms with Crippen molar-refractivity contribution in [3.8, 4) is 5.75 Å². The molecule has 0 aliphatic rings. The van der Waals surface area contributed by atoms with Gasteiger partial charge in [0.25, 0.3) is 5.91 Å². The molecule has 88 valence electrons. The van der Waals surface area contributed by atoms with Crippen LogP contribution in [0.5, 0.6) is 5.75 Å². The average Bonchev–Trinajstić information content (AvgIpc) is 2.35. The van der Waals surface area contributed by atoms with Crippen molar-refractivity contribution < 1.29 is 9.53 Å². The van der Waals surface area contributed by atoms with E-state index in [1.54, 1.807) is 25.3 Å². The van der Waals surface area contributed by atoms with Crippen LogP contribution in [0.1, 0.15) is 23.7 Å². The lowest BCUT2D eigenvalue weighted by molar-refractivity contribution is 0.0948. The molecule has 0 aliphatic carbocycles. The molecule has 1 aromatic carbocycles. The highest BCUT2D eigenvalue weighted by atomic mass is 16.5. The van der Waals surface area contributed by atoms with E-state index in [1.807, 2.05) is 13.0 Å². The Labute approximate surface area is 95.8 Å². The lowest BCUT2D eigenvalue weighted by Crippen LogP contribution is -2.36.